The van der Waals surface area contributed by atoms with Crippen molar-refractivity contribution in [2.45, 2.75) is 25.4 Å². The molecule has 88 valence electrons. The van der Waals surface area contributed by atoms with Gasteiger partial charge in [-0.3, -0.25) is 4.79 Å². The lowest BCUT2D eigenvalue weighted by atomic mass is 9.94. The number of anilines is 1. The SMILES string of the molecule is CC1(O)CCN(c2nc[nH]c(=O)c2I)CC1. The molecule has 1 saturated heterocycles. The van der Waals surface area contributed by atoms with Gasteiger partial charge in [0, 0.05) is 13.1 Å². The van der Waals surface area contributed by atoms with Crippen LogP contribution in [-0.4, -0.2) is 33.8 Å². The van der Waals surface area contributed by atoms with Crippen molar-refractivity contribution in [3.05, 3.63) is 20.3 Å². The van der Waals surface area contributed by atoms with Crippen molar-refractivity contribution >= 4 is 28.4 Å². The lowest BCUT2D eigenvalue weighted by Crippen LogP contribution is -2.43. The van der Waals surface area contributed by atoms with Crippen molar-refractivity contribution < 1.29 is 5.11 Å². The topological polar surface area (TPSA) is 69.2 Å². The Kier molecular flexibility index (Phi) is 3.20. The zero-order valence-electron chi connectivity index (χ0n) is 9.03. The Morgan fingerprint density at radius 2 is 2.19 bits per heavy atom. The van der Waals surface area contributed by atoms with Gasteiger partial charge in [0.05, 0.1) is 11.9 Å². The van der Waals surface area contributed by atoms with Crippen LogP contribution in [0.3, 0.4) is 0 Å². The van der Waals surface area contributed by atoms with Crippen LogP contribution in [0.2, 0.25) is 0 Å². The second kappa shape index (κ2) is 4.33. The molecule has 0 saturated carbocycles. The number of aromatic nitrogens is 2. The summed E-state index contributed by atoms with van der Waals surface area (Å²) in [6.07, 6.45) is 2.84. The van der Waals surface area contributed by atoms with Gasteiger partial charge in [-0.25, -0.2) is 4.98 Å². The first-order chi connectivity index (χ1) is 7.49. The van der Waals surface area contributed by atoms with Crippen LogP contribution in [0, 0.1) is 3.57 Å². The minimum atomic E-state index is -0.580. The number of hydrogen-bond acceptors (Lipinski definition) is 4. The molecule has 0 spiro atoms. The highest BCUT2D eigenvalue weighted by Crippen LogP contribution is 2.25. The molecule has 1 fully saturated rings. The third kappa shape index (κ3) is 2.37. The van der Waals surface area contributed by atoms with E-state index in [0.29, 0.717) is 16.4 Å². The van der Waals surface area contributed by atoms with Crippen molar-refractivity contribution in [1.82, 2.24) is 9.97 Å². The highest BCUT2D eigenvalue weighted by Gasteiger charge is 2.28. The maximum Gasteiger partial charge on any atom is 0.266 e. The lowest BCUT2D eigenvalue weighted by molar-refractivity contribution is 0.0350. The number of halogens is 1. The Labute approximate surface area is 107 Å². The van der Waals surface area contributed by atoms with E-state index < -0.39 is 5.60 Å². The van der Waals surface area contributed by atoms with Gasteiger partial charge in [0.15, 0.2) is 0 Å². The minimum absolute atomic E-state index is 0.108. The van der Waals surface area contributed by atoms with Crippen molar-refractivity contribution in [2.24, 2.45) is 0 Å². The number of nitrogens with zero attached hydrogens (tertiary/aromatic N) is 2. The van der Waals surface area contributed by atoms with Gasteiger partial charge in [-0.05, 0) is 42.4 Å². The zero-order valence-corrected chi connectivity index (χ0v) is 11.2. The molecule has 2 N–H and O–H groups in total. The Bertz CT molecular complexity index is 434. The van der Waals surface area contributed by atoms with Crippen LogP contribution in [0.4, 0.5) is 5.82 Å². The molecule has 0 atom stereocenters. The highest BCUT2D eigenvalue weighted by atomic mass is 127. The van der Waals surface area contributed by atoms with E-state index in [2.05, 4.69) is 14.9 Å². The van der Waals surface area contributed by atoms with Crippen LogP contribution in [0.25, 0.3) is 0 Å². The predicted octanol–water partition coefficient (Wildman–Crippen LogP) is 0.726. The summed E-state index contributed by atoms with van der Waals surface area (Å²) in [6, 6.07) is 0. The van der Waals surface area contributed by atoms with Crippen LogP contribution >= 0.6 is 22.6 Å². The molecule has 1 aliphatic heterocycles. The molecular weight excluding hydrogens is 321 g/mol. The van der Waals surface area contributed by atoms with E-state index in [0.717, 1.165) is 18.9 Å². The molecule has 1 aromatic rings. The summed E-state index contributed by atoms with van der Waals surface area (Å²) in [5, 5.41) is 9.85. The maximum atomic E-state index is 11.4. The molecule has 0 unspecified atom stereocenters. The maximum absolute atomic E-state index is 11.4. The Morgan fingerprint density at radius 3 is 2.81 bits per heavy atom. The number of hydrogen-bond donors (Lipinski definition) is 2. The smallest absolute Gasteiger partial charge is 0.266 e. The second-order valence-electron chi connectivity index (χ2n) is 4.35. The molecule has 0 radical (unpaired) electrons. The van der Waals surface area contributed by atoms with Gasteiger partial charge in [0.1, 0.15) is 9.39 Å². The molecule has 6 heteroatoms. The van der Waals surface area contributed by atoms with E-state index in [1.807, 2.05) is 29.5 Å². The Morgan fingerprint density at radius 1 is 1.56 bits per heavy atom. The molecule has 0 amide bonds. The summed E-state index contributed by atoms with van der Waals surface area (Å²) in [4.78, 5) is 20.2. The van der Waals surface area contributed by atoms with Gasteiger partial charge in [-0.1, -0.05) is 0 Å². The fourth-order valence-electron chi connectivity index (χ4n) is 1.79. The first kappa shape index (κ1) is 11.8. The molecule has 1 aromatic heterocycles. The van der Waals surface area contributed by atoms with Crippen LogP contribution < -0.4 is 10.5 Å². The molecule has 0 aromatic carbocycles. The van der Waals surface area contributed by atoms with Gasteiger partial charge in [-0.2, -0.15) is 0 Å². The monoisotopic (exact) mass is 335 g/mol. The summed E-state index contributed by atoms with van der Waals surface area (Å²) in [5.41, 5.74) is -0.689. The third-order valence-electron chi connectivity index (χ3n) is 2.92. The van der Waals surface area contributed by atoms with E-state index in [4.69, 9.17) is 0 Å². The molecule has 16 heavy (non-hydrogen) atoms. The van der Waals surface area contributed by atoms with E-state index in [1.165, 1.54) is 6.33 Å². The average molecular weight is 335 g/mol. The molecule has 0 bridgehead atoms. The summed E-state index contributed by atoms with van der Waals surface area (Å²) in [5.74, 6) is 0.722. The third-order valence-corrected chi connectivity index (χ3v) is 3.89. The number of H-pyrrole nitrogens is 1. The van der Waals surface area contributed by atoms with Crippen molar-refractivity contribution in [1.29, 1.82) is 0 Å². The van der Waals surface area contributed by atoms with E-state index in [1.54, 1.807) is 0 Å². The standard InChI is InChI=1S/C10H14IN3O2/c1-10(16)2-4-14(5-3-10)8-7(11)9(15)13-6-12-8/h6,16H,2-5H2,1H3,(H,12,13,15). The average Bonchev–Trinajstić information content (AvgIpc) is 2.23. The second-order valence-corrected chi connectivity index (χ2v) is 5.43. The number of aliphatic hydroxyl groups is 1. The van der Waals surface area contributed by atoms with Crippen LogP contribution in [-0.2, 0) is 0 Å². The van der Waals surface area contributed by atoms with Crippen molar-refractivity contribution in [2.75, 3.05) is 18.0 Å². The number of rotatable bonds is 1. The van der Waals surface area contributed by atoms with E-state index >= 15 is 0 Å². The van der Waals surface area contributed by atoms with Crippen LogP contribution in [0.15, 0.2) is 11.1 Å². The molecule has 1 aliphatic rings. The molecule has 5 nitrogen and oxygen atoms in total. The summed E-state index contributed by atoms with van der Waals surface area (Å²) < 4.78 is 0.613. The van der Waals surface area contributed by atoms with Gasteiger partial charge >= 0.3 is 0 Å². The Hall–Kier alpha value is -0.630. The quantitative estimate of drug-likeness (QED) is 0.743. The fraction of sp³-hybridized carbons (Fsp3) is 0.600. The van der Waals surface area contributed by atoms with Gasteiger partial charge in [-0.15, -0.1) is 0 Å². The summed E-state index contributed by atoms with van der Waals surface area (Å²) >= 11 is 2.01. The van der Waals surface area contributed by atoms with Gasteiger partial charge in [0.25, 0.3) is 5.56 Å². The number of nitrogens with one attached hydrogen (secondary N) is 1. The number of piperidine rings is 1. The van der Waals surface area contributed by atoms with Gasteiger partial charge in [0.2, 0.25) is 0 Å². The zero-order chi connectivity index (χ0) is 11.8. The minimum Gasteiger partial charge on any atom is -0.390 e. The fourth-order valence-corrected chi connectivity index (χ4v) is 2.43. The summed E-state index contributed by atoms with van der Waals surface area (Å²) in [6.45, 7) is 3.32. The van der Waals surface area contributed by atoms with Crippen molar-refractivity contribution in [3.8, 4) is 0 Å². The van der Waals surface area contributed by atoms with E-state index in [-0.39, 0.29) is 5.56 Å². The molecular formula is C10H14IN3O2. The lowest BCUT2D eigenvalue weighted by Gasteiger charge is -2.36. The first-order valence-electron chi connectivity index (χ1n) is 5.20. The first-order valence-corrected chi connectivity index (χ1v) is 6.28. The van der Waals surface area contributed by atoms with Crippen LogP contribution in [0.5, 0.6) is 0 Å². The predicted molar refractivity (Wildman–Crippen MR) is 69.6 cm³/mol. The van der Waals surface area contributed by atoms with E-state index in [9.17, 15) is 9.90 Å². The Balaban J connectivity index is 2.21. The molecule has 2 heterocycles. The molecule has 0 aliphatic carbocycles. The number of aromatic amines is 1. The summed E-state index contributed by atoms with van der Waals surface area (Å²) in [7, 11) is 0. The molecule has 2 rings (SSSR count). The van der Waals surface area contributed by atoms with Crippen molar-refractivity contribution in [3.63, 3.8) is 0 Å². The largest absolute Gasteiger partial charge is 0.390 e. The normalized spacial score (nSPS) is 19.8. The van der Waals surface area contributed by atoms with Gasteiger partial charge < -0.3 is 15.0 Å². The highest BCUT2D eigenvalue weighted by molar-refractivity contribution is 14.1. The van der Waals surface area contributed by atoms with Crippen LogP contribution in [0.1, 0.15) is 19.8 Å².